The van der Waals surface area contributed by atoms with E-state index in [1.165, 1.54) is 18.3 Å². The highest BCUT2D eigenvalue weighted by atomic mass is 32.1. The van der Waals surface area contributed by atoms with Crippen LogP contribution >= 0.6 is 11.3 Å². The number of amides is 1. The average Bonchev–Trinajstić information content (AvgIpc) is 3.13. The van der Waals surface area contributed by atoms with Crippen LogP contribution in [-0.4, -0.2) is 26.0 Å². The second-order valence-electron chi connectivity index (χ2n) is 5.88. The van der Waals surface area contributed by atoms with Crippen LogP contribution in [0.5, 0.6) is 0 Å². The lowest BCUT2D eigenvalue weighted by molar-refractivity contribution is -0.120. The lowest BCUT2D eigenvalue weighted by Crippen LogP contribution is -2.40. The Hall–Kier alpha value is -2.61. The number of carbonyl (C=O) groups excluding carboxylic acids is 1. The molecule has 0 unspecified atom stereocenters. The Bertz CT molecular complexity index is 870. The van der Waals surface area contributed by atoms with Crippen LogP contribution in [0.4, 0.5) is 0 Å². The van der Waals surface area contributed by atoms with Crippen LogP contribution < -0.4 is 5.32 Å². The van der Waals surface area contributed by atoms with Crippen molar-refractivity contribution in [1.82, 2.24) is 25.4 Å². The SMILES string of the molecule is CC(=O)NC(C)(C)c1noc(-c2sc(-c3ccccn3)nc2C)n1. The molecule has 0 aliphatic carbocycles. The van der Waals surface area contributed by atoms with Gasteiger partial charge in [0.1, 0.15) is 9.88 Å². The first-order valence-corrected chi connectivity index (χ1v) is 8.20. The number of pyridine rings is 1. The largest absolute Gasteiger partial charge is 0.344 e. The number of hydrogen-bond acceptors (Lipinski definition) is 7. The van der Waals surface area contributed by atoms with Gasteiger partial charge in [-0.15, -0.1) is 11.3 Å². The molecule has 0 saturated heterocycles. The van der Waals surface area contributed by atoms with Gasteiger partial charge in [0.05, 0.1) is 16.9 Å². The summed E-state index contributed by atoms with van der Waals surface area (Å²) in [6.45, 7) is 6.99. The molecule has 124 valence electrons. The monoisotopic (exact) mass is 343 g/mol. The van der Waals surface area contributed by atoms with Gasteiger partial charge in [-0.1, -0.05) is 11.2 Å². The number of aryl methyl sites for hydroxylation is 1. The van der Waals surface area contributed by atoms with E-state index in [1.54, 1.807) is 6.20 Å². The van der Waals surface area contributed by atoms with Crippen molar-refractivity contribution in [3.63, 3.8) is 0 Å². The highest BCUT2D eigenvalue weighted by Crippen LogP contribution is 2.34. The van der Waals surface area contributed by atoms with Gasteiger partial charge in [0.15, 0.2) is 5.82 Å². The molecule has 1 amide bonds. The van der Waals surface area contributed by atoms with Gasteiger partial charge in [-0.3, -0.25) is 9.78 Å². The third-order valence-electron chi connectivity index (χ3n) is 3.35. The molecule has 24 heavy (non-hydrogen) atoms. The molecule has 3 aromatic heterocycles. The van der Waals surface area contributed by atoms with E-state index in [0.29, 0.717) is 11.7 Å². The Labute approximate surface area is 143 Å². The summed E-state index contributed by atoms with van der Waals surface area (Å²) in [4.78, 5) is 25.4. The fourth-order valence-electron chi connectivity index (χ4n) is 2.26. The second kappa shape index (κ2) is 6.12. The predicted molar refractivity (Wildman–Crippen MR) is 90.2 cm³/mol. The normalized spacial score (nSPS) is 11.5. The molecule has 3 heterocycles. The molecule has 0 spiro atoms. The van der Waals surface area contributed by atoms with Crippen molar-refractivity contribution in [3.8, 4) is 21.5 Å². The molecule has 1 N–H and O–H groups in total. The Balaban J connectivity index is 1.94. The minimum atomic E-state index is -0.712. The highest BCUT2D eigenvalue weighted by molar-refractivity contribution is 7.18. The molecular formula is C16H17N5O2S. The molecule has 0 fully saturated rings. The summed E-state index contributed by atoms with van der Waals surface area (Å²) >= 11 is 1.45. The summed E-state index contributed by atoms with van der Waals surface area (Å²) in [6.07, 6.45) is 1.73. The first-order chi connectivity index (χ1) is 11.4. The number of hydrogen-bond donors (Lipinski definition) is 1. The van der Waals surface area contributed by atoms with E-state index in [4.69, 9.17) is 4.52 Å². The third kappa shape index (κ3) is 3.18. The van der Waals surface area contributed by atoms with E-state index >= 15 is 0 Å². The number of carbonyl (C=O) groups is 1. The fourth-order valence-corrected chi connectivity index (χ4v) is 3.22. The fraction of sp³-hybridized carbons (Fsp3) is 0.312. The molecular weight excluding hydrogens is 326 g/mol. The van der Waals surface area contributed by atoms with E-state index in [1.807, 2.05) is 39.0 Å². The molecule has 0 atom stereocenters. The van der Waals surface area contributed by atoms with Gasteiger partial charge < -0.3 is 9.84 Å². The summed E-state index contributed by atoms with van der Waals surface area (Å²) in [5.74, 6) is 0.651. The minimum absolute atomic E-state index is 0.155. The van der Waals surface area contributed by atoms with Crippen LogP contribution in [0.15, 0.2) is 28.9 Å². The maximum absolute atomic E-state index is 11.3. The molecule has 0 aromatic carbocycles. The summed E-state index contributed by atoms with van der Waals surface area (Å²) in [5.41, 5.74) is 0.888. The number of rotatable bonds is 4. The van der Waals surface area contributed by atoms with E-state index in [-0.39, 0.29) is 5.91 Å². The minimum Gasteiger partial charge on any atom is -0.344 e. The van der Waals surface area contributed by atoms with Gasteiger partial charge in [0.2, 0.25) is 5.91 Å². The topological polar surface area (TPSA) is 93.8 Å². The zero-order valence-electron chi connectivity index (χ0n) is 13.8. The van der Waals surface area contributed by atoms with Gasteiger partial charge in [-0.2, -0.15) is 4.98 Å². The summed E-state index contributed by atoms with van der Waals surface area (Å²) < 4.78 is 5.39. The van der Waals surface area contributed by atoms with Crippen LogP contribution in [0.2, 0.25) is 0 Å². The molecule has 0 aliphatic rings. The maximum Gasteiger partial charge on any atom is 0.270 e. The third-order valence-corrected chi connectivity index (χ3v) is 4.52. The number of nitrogens with zero attached hydrogens (tertiary/aromatic N) is 4. The zero-order valence-corrected chi connectivity index (χ0v) is 14.6. The number of nitrogens with one attached hydrogen (secondary N) is 1. The number of aromatic nitrogens is 4. The van der Waals surface area contributed by atoms with Gasteiger partial charge >= 0.3 is 0 Å². The predicted octanol–water partition coefficient (Wildman–Crippen LogP) is 2.93. The van der Waals surface area contributed by atoms with Crippen LogP contribution in [0.3, 0.4) is 0 Å². The Kier molecular flexibility index (Phi) is 4.15. The summed E-state index contributed by atoms with van der Waals surface area (Å²) in [5, 5.41) is 7.60. The lowest BCUT2D eigenvalue weighted by atomic mass is 10.1. The summed E-state index contributed by atoms with van der Waals surface area (Å²) in [6, 6.07) is 5.68. The molecule has 0 aliphatic heterocycles. The van der Waals surface area contributed by atoms with Crippen molar-refractivity contribution in [2.45, 2.75) is 33.2 Å². The van der Waals surface area contributed by atoms with Gasteiger partial charge in [-0.05, 0) is 32.9 Å². The standard InChI is InChI=1S/C16H17N5O2S/c1-9-12(24-14(18-9)11-7-5-6-8-17-11)13-19-15(21-23-13)16(3,4)20-10(2)22/h5-8H,1-4H3,(H,20,22). The molecule has 7 nitrogen and oxygen atoms in total. The van der Waals surface area contributed by atoms with E-state index in [0.717, 1.165) is 21.3 Å². The molecule has 0 saturated carbocycles. The van der Waals surface area contributed by atoms with Crippen molar-refractivity contribution in [1.29, 1.82) is 0 Å². The maximum atomic E-state index is 11.3. The molecule has 0 radical (unpaired) electrons. The summed E-state index contributed by atoms with van der Waals surface area (Å²) in [7, 11) is 0. The average molecular weight is 343 g/mol. The van der Waals surface area contributed by atoms with E-state index in [2.05, 4.69) is 25.4 Å². The van der Waals surface area contributed by atoms with Gasteiger partial charge in [0, 0.05) is 13.1 Å². The first kappa shape index (κ1) is 16.3. The Morgan fingerprint density at radius 1 is 1.29 bits per heavy atom. The molecule has 8 heteroatoms. The highest BCUT2D eigenvalue weighted by Gasteiger charge is 2.29. The molecule has 3 aromatic rings. The first-order valence-electron chi connectivity index (χ1n) is 7.39. The molecule has 0 bridgehead atoms. The lowest BCUT2D eigenvalue weighted by Gasteiger charge is -2.20. The second-order valence-corrected chi connectivity index (χ2v) is 6.88. The van der Waals surface area contributed by atoms with Crippen LogP contribution in [-0.2, 0) is 10.3 Å². The van der Waals surface area contributed by atoms with E-state index in [9.17, 15) is 4.79 Å². The van der Waals surface area contributed by atoms with Crippen molar-refractivity contribution >= 4 is 17.2 Å². The van der Waals surface area contributed by atoms with Crippen molar-refractivity contribution < 1.29 is 9.32 Å². The van der Waals surface area contributed by atoms with E-state index < -0.39 is 5.54 Å². The van der Waals surface area contributed by atoms with Crippen molar-refractivity contribution in [2.24, 2.45) is 0 Å². The van der Waals surface area contributed by atoms with Crippen molar-refractivity contribution in [2.75, 3.05) is 0 Å². The molecule has 3 rings (SSSR count). The number of thiazole rings is 1. The van der Waals surface area contributed by atoms with Crippen LogP contribution in [0.25, 0.3) is 21.5 Å². The van der Waals surface area contributed by atoms with Crippen LogP contribution in [0, 0.1) is 6.92 Å². The van der Waals surface area contributed by atoms with Gasteiger partial charge in [-0.25, -0.2) is 4.98 Å². The van der Waals surface area contributed by atoms with Crippen LogP contribution in [0.1, 0.15) is 32.3 Å². The zero-order chi connectivity index (χ0) is 17.3. The van der Waals surface area contributed by atoms with Crippen molar-refractivity contribution in [3.05, 3.63) is 35.9 Å². The smallest absolute Gasteiger partial charge is 0.270 e. The van der Waals surface area contributed by atoms with Gasteiger partial charge in [0.25, 0.3) is 5.89 Å². The Morgan fingerprint density at radius 2 is 2.08 bits per heavy atom. The quantitative estimate of drug-likeness (QED) is 0.783. The Morgan fingerprint density at radius 3 is 2.75 bits per heavy atom.